The van der Waals surface area contributed by atoms with E-state index < -0.39 is 0 Å². The SMILES string of the molecule is C=C(/N=C(\C=C(/N)c1ccc(F)c(C)c1)N1CCN(c2nccnc2Cl)C[C@H]1C)N1CCCC1. The standard InChI is InChI=1S/C25H31ClFN7/c1-17-14-20(6-7-21(17)27)22(28)15-23(31-19(3)32-10-4-5-11-32)34-13-12-33(16-18(34)2)25-24(26)29-8-9-30-25/h6-9,14-15,18H,3-5,10-13,16,28H2,1-2H3/b22-15-,31-23+/t18-/m1/s1. The lowest BCUT2D eigenvalue weighted by atomic mass is 10.1. The second kappa shape index (κ2) is 10.4. The average Bonchev–Trinajstić information content (AvgIpc) is 3.36. The molecule has 1 aromatic carbocycles. The van der Waals surface area contributed by atoms with Crippen molar-refractivity contribution in [1.82, 2.24) is 19.8 Å². The summed E-state index contributed by atoms with van der Waals surface area (Å²) in [4.78, 5) is 20.1. The van der Waals surface area contributed by atoms with Gasteiger partial charge in [-0.1, -0.05) is 18.2 Å². The molecule has 2 saturated heterocycles. The monoisotopic (exact) mass is 483 g/mol. The number of piperazine rings is 1. The maximum Gasteiger partial charge on any atom is 0.171 e. The summed E-state index contributed by atoms with van der Waals surface area (Å²) in [6, 6.07) is 5.00. The minimum absolute atomic E-state index is 0.107. The predicted molar refractivity (Wildman–Crippen MR) is 136 cm³/mol. The minimum Gasteiger partial charge on any atom is -0.398 e. The van der Waals surface area contributed by atoms with E-state index in [4.69, 9.17) is 22.3 Å². The van der Waals surface area contributed by atoms with Crippen LogP contribution in [-0.4, -0.2) is 64.4 Å². The Labute approximate surface area is 205 Å². The molecule has 2 aromatic rings. The Bertz CT molecular complexity index is 1110. The van der Waals surface area contributed by atoms with Gasteiger partial charge in [0.25, 0.3) is 0 Å². The largest absolute Gasteiger partial charge is 0.398 e. The Kier molecular flexibility index (Phi) is 7.36. The molecule has 1 aromatic heterocycles. The first-order valence-corrected chi connectivity index (χ1v) is 12.0. The Morgan fingerprint density at radius 1 is 1.21 bits per heavy atom. The summed E-state index contributed by atoms with van der Waals surface area (Å²) < 4.78 is 13.8. The summed E-state index contributed by atoms with van der Waals surface area (Å²) in [7, 11) is 0. The number of aliphatic imine (C=N–C) groups is 1. The van der Waals surface area contributed by atoms with E-state index in [1.807, 2.05) is 6.08 Å². The van der Waals surface area contributed by atoms with Gasteiger partial charge in [0, 0.05) is 62.9 Å². The molecule has 4 rings (SSSR count). The van der Waals surface area contributed by atoms with Crippen molar-refractivity contribution in [1.29, 1.82) is 0 Å². The minimum atomic E-state index is -0.250. The number of hydrogen-bond donors (Lipinski definition) is 1. The molecule has 2 fully saturated rings. The van der Waals surface area contributed by atoms with Gasteiger partial charge in [0.05, 0.1) is 0 Å². The van der Waals surface area contributed by atoms with Crippen molar-refractivity contribution in [2.45, 2.75) is 32.7 Å². The quantitative estimate of drug-likeness (QED) is 0.511. The summed E-state index contributed by atoms with van der Waals surface area (Å²) in [5, 5.41) is 0.398. The maximum absolute atomic E-state index is 13.8. The molecule has 2 N–H and O–H groups in total. The summed E-state index contributed by atoms with van der Waals surface area (Å²) in [5.41, 5.74) is 8.32. The fourth-order valence-electron chi connectivity index (χ4n) is 4.42. The smallest absolute Gasteiger partial charge is 0.171 e. The number of nitrogens with two attached hydrogens (primary N) is 1. The third-order valence-corrected chi connectivity index (χ3v) is 6.61. The molecule has 2 aliphatic rings. The second-order valence-corrected chi connectivity index (χ2v) is 9.16. The van der Waals surface area contributed by atoms with E-state index in [1.165, 1.54) is 6.07 Å². The number of likely N-dealkylation sites (tertiary alicyclic amines) is 1. The maximum atomic E-state index is 13.8. The molecule has 1 atom stereocenters. The van der Waals surface area contributed by atoms with Gasteiger partial charge in [0.1, 0.15) is 17.5 Å². The van der Waals surface area contributed by atoms with Crippen molar-refractivity contribution in [3.05, 3.63) is 71.2 Å². The molecule has 0 bridgehead atoms. The molecule has 9 heteroatoms. The van der Waals surface area contributed by atoms with E-state index in [2.05, 4.69) is 38.2 Å². The number of rotatable bonds is 5. The van der Waals surface area contributed by atoms with Crippen molar-refractivity contribution >= 4 is 29.0 Å². The number of hydrogen-bond acceptors (Lipinski definition) is 6. The first-order chi connectivity index (χ1) is 16.3. The molecule has 180 valence electrons. The van der Waals surface area contributed by atoms with E-state index in [1.54, 1.807) is 31.5 Å². The van der Waals surface area contributed by atoms with Gasteiger partial charge in [-0.05, 0) is 56.0 Å². The van der Waals surface area contributed by atoms with E-state index in [0.29, 0.717) is 41.9 Å². The fourth-order valence-corrected chi connectivity index (χ4v) is 4.65. The van der Waals surface area contributed by atoms with E-state index in [9.17, 15) is 4.39 Å². The zero-order chi connectivity index (χ0) is 24.2. The lowest BCUT2D eigenvalue weighted by Gasteiger charge is -2.41. The van der Waals surface area contributed by atoms with Crippen LogP contribution in [0, 0.1) is 12.7 Å². The highest BCUT2D eigenvalue weighted by Crippen LogP contribution is 2.25. The molecule has 0 unspecified atom stereocenters. The highest BCUT2D eigenvalue weighted by Gasteiger charge is 2.28. The Balaban J connectivity index is 1.62. The Morgan fingerprint density at radius 3 is 2.62 bits per heavy atom. The van der Waals surface area contributed by atoms with Gasteiger partial charge in [0.15, 0.2) is 11.0 Å². The number of benzene rings is 1. The molecule has 0 saturated carbocycles. The van der Waals surface area contributed by atoms with Gasteiger partial charge >= 0.3 is 0 Å². The number of aryl methyl sites for hydroxylation is 1. The van der Waals surface area contributed by atoms with Crippen LogP contribution in [0.15, 0.2) is 54.1 Å². The van der Waals surface area contributed by atoms with Crippen molar-refractivity contribution in [3.8, 4) is 0 Å². The number of nitrogens with zero attached hydrogens (tertiary/aromatic N) is 6. The van der Waals surface area contributed by atoms with Gasteiger partial charge < -0.3 is 20.4 Å². The first kappa shape index (κ1) is 24.0. The van der Waals surface area contributed by atoms with E-state index in [-0.39, 0.29) is 11.9 Å². The summed E-state index contributed by atoms with van der Waals surface area (Å²) in [6.07, 6.45) is 7.40. The van der Waals surface area contributed by atoms with Crippen LogP contribution in [-0.2, 0) is 0 Å². The number of anilines is 1. The van der Waals surface area contributed by atoms with Crippen LogP contribution in [0.25, 0.3) is 5.70 Å². The van der Waals surface area contributed by atoms with Gasteiger partial charge in [-0.3, -0.25) is 0 Å². The van der Waals surface area contributed by atoms with Crippen LogP contribution < -0.4 is 10.6 Å². The normalized spacial score (nSPS) is 19.6. The molecule has 0 radical (unpaired) electrons. The van der Waals surface area contributed by atoms with Crippen LogP contribution >= 0.6 is 11.6 Å². The van der Waals surface area contributed by atoms with Crippen LogP contribution in [0.3, 0.4) is 0 Å². The molecular weight excluding hydrogens is 453 g/mol. The zero-order valence-corrected chi connectivity index (χ0v) is 20.5. The first-order valence-electron chi connectivity index (χ1n) is 11.6. The molecule has 0 aliphatic carbocycles. The van der Waals surface area contributed by atoms with E-state index >= 15 is 0 Å². The summed E-state index contributed by atoms with van der Waals surface area (Å²) >= 11 is 6.28. The average molecular weight is 484 g/mol. The van der Waals surface area contributed by atoms with Crippen LogP contribution in [0.4, 0.5) is 10.2 Å². The molecular formula is C25H31ClFN7. The van der Waals surface area contributed by atoms with Gasteiger partial charge in [-0.15, -0.1) is 0 Å². The molecule has 3 heterocycles. The third-order valence-electron chi connectivity index (χ3n) is 6.35. The summed E-state index contributed by atoms with van der Waals surface area (Å²) in [6.45, 7) is 12.1. The second-order valence-electron chi connectivity index (χ2n) is 8.80. The summed E-state index contributed by atoms with van der Waals surface area (Å²) in [5.74, 6) is 1.92. The topological polar surface area (TPSA) is 73.9 Å². The Morgan fingerprint density at radius 2 is 1.94 bits per heavy atom. The van der Waals surface area contributed by atoms with E-state index in [0.717, 1.165) is 43.2 Å². The lowest BCUT2D eigenvalue weighted by molar-refractivity contribution is 0.297. The van der Waals surface area contributed by atoms with Crippen molar-refractivity contribution in [2.24, 2.45) is 10.7 Å². The fraction of sp³-hybridized carbons (Fsp3) is 0.400. The predicted octanol–water partition coefficient (Wildman–Crippen LogP) is 4.05. The molecule has 7 nitrogen and oxygen atoms in total. The molecule has 2 aliphatic heterocycles. The molecule has 34 heavy (non-hydrogen) atoms. The van der Waals surface area contributed by atoms with Crippen LogP contribution in [0.1, 0.15) is 30.9 Å². The Hall–Kier alpha value is -3.13. The zero-order valence-electron chi connectivity index (χ0n) is 19.7. The lowest BCUT2D eigenvalue weighted by Crippen LogP contribution is -2.54. The third kappa shape index (κ3) is 5.33. The van der Waals surface area contributed by atoms with Crippen LogP contribution in [0.5, 0.6) is 0 Å². The van der Waals surface area contributed by atoms with Crippen molar-refractivity contribution < 1.29 is 4.39 Å². The number of aromatic nitrogens is 2. The van der Waals surface area contributed by atoms with Gasteiger partial charge in [0.2, 0.25) is 0 Å². The van der Waals surface area contributed by atoms with Crippen molar-refractivity contribution in [3.63, 3.8) is 0 Å². The highest BCUT2D eigenvalue weighted by molar-refractivity contribution is 6.31. The van der Waals surface area contributed by atoms with Gasteiger partial charge in [-0.2, -0.15) is 0 Å². The highest BCUT2D eigenvalue weighted by atomic mass is 35.5. The number of halogens is 2. The molecule has 0 spiro atoms. The van der Waals surface area contributed by atoms with Gasteiger partial charge in [-0.25, -0.2) is 19.4 Å². The molecule has 0 amide bonds. The van der Waals surface area contributed by atoms with Crippen LogP contribution in [0.2, 0.25) is 5.15 Å². The van der Waals surface area contributed by atoms with Crippen molar-refractivity contribution in [2.75, 3.05) is 37.6 Å². The number of amidine groups is 1.